The summed E-state index contributed by atoms with van der Waals surface area (Å²) in [6.07, 6.45) is -0.758. The second-order valence-corrected chi connectivity index (χ2v) is 6.36. The number of amides is 1. The van der Waals surface area contributed by atoms with Crippen LogP contribution in [0.4, 0.5) is 0 Å². The van der Waals surface area contributed by atoms with Gasteiger partial charge in [0.05, 0.1) is 13.2 Å². The van der Waals surface area contributed by atoms with Crippen LogP contribution in [-0.4, -0.2) is 31.3 Å². The molecule has 0 aliphatic heterocycles. The first kappa shape index (κ1) is 17.3. The lowest BCUT2D eigenvalue weighted by Crippen LogP contribution is -2.32. The fourth-order valence-electron chi connectivity index (χ4n) is 2.51. The number of methoxy groups -OCH3 is 1. The highest BCUT2D eigenvalue weighted by Crippen LogP contribution is 2.30. The molecule has 0 bridgehead atoms. The Hall–Kier alpha value is -2.57. The Kier molecular flexibility index (Phi) is 5.53. The van der Waals surface area contributed by atoms with Crippen molar-refractivity contribution in [3.8, 4) is 11.5 Å². The SMILES string of the molecule is COc1ccccc1OCC(=O)NCC(O)c1csc2ccccc12. The molecule has 1 heterocycles. The van der Waals surface area contributed by atoms with Crippen LogP contribution >= 0.6 is 11.3 Å². The summed E-state index contributed by atoms with van der Waals surface area (Å²) in [6.45, 7) is -0.00762. The predicted octanol–water partition coefficient (Wildman–Crippen LogP) is 3.14. The Morgan fingerprint density at radius 1 is 1.16 bits per heavy atom. The first-order valence-corrected chi connectivity index (χ1v) is 8.73. The maximum Gasteiger partial charge on any atom is 0.258 e. The molecule has 1 amide bonds. The van der Waals surface area contributed by atoms with Gasteiger partial charge in [0.15, 0.2) is 18.1 Å². The van der Waals surface area contributed by atoms with Gasteiger partial charge in [-0.1, -0.05) is 30.3 Å². The number of para-hydroxylation sites is 2. The lowest BCUT2D eigenvalue weighted by Gasteiger charge is -2.13. The van der Waals surface area contributed by atoms with Gasteiger partial charge in [-0.3, -0.25) is 4.79 Å². The minimum Gasteiger partial charge on any atom is -0.493 e. The number of carbonyl (C=O) groups is 1. The number of ether oxygens (including phenoxy) is 2. The lowest BCUT2D eigenvalue weighted by molar-refractivity contribution is -0.123. The van der Waals surface area contributed by atoms with Crippen LogP contribution in [0.15, 0.2) is 53.9 Å². The Morgan fingerprint density at radius 2 is 1.88 bits per heavy atom. The van der Waals surface area contributed by atoms with E-state index in [4.69, 9.17) is 9.47 Å². The van der Waals surface area contributed by atoms with Gasteiger partial charge in [-0.25, -0.2) is 0 Å². The predicted molar refractivity (Wildman–Crippen MR) is 98.3 cm³/mol. The van der Waals surface area contributed by atoms with Crippen LogP contribution in [-0.2, 0) is 4.79 Å². The fourth-order valence-corrected chi connectivity index (χ4v) is 3.52. The van der Waals surface area contributed by atoms with E-state index >= 15 is 0 Å². The maximum atomic E-state index is 12.0. The first-order valence-electron chi connectivity index (χ1n) is 7.85. The quantitative estimate of drug-likeness (QED) is 0.682. The van der Waals surface area contributed by atoms with E-state index in [1.165, 1.54) is 0 Å². The Balaban J connectivity index is 1.53. The number of benzene rings is 2. The highest BCUT2D eigenvalue weighted by Gasteiger charge is 2.14. The Morgan fingerprint density at radius 3 is 2.68 bits per heavy atom. The van der Waals surface area contributed by atoms with Gasteiger partial charge in [0.1, 0.15) is 0 Å². The number of hydrogen-bond acceptors (Lipinski definition) is 5. The highest BCUT2D eigenvalue weighted by molar-refractivity contribution is 7.17. The van der Waals surface area contributed by atoms with Gasteiger partial charge >= 0.3 is 0 Å². The zero-order chi connectivity index (χ0) is 17.6. The number of rotatable bonds is 7. The van der Waals surface area contributed by atoms with Crippen molar-refractivity contribution in [2.75, 3.05) is 20.3 Å². The van der Waals surface area contributed by atoms with E-state index < -0.39 is 6.10 Å². The van der Waals surface area contributed by atoms with Crippen LogP contribution in [0.3, 0.4) is 0 Å². The van der Waals surface area contributed by atoms with E-state index in [1.807, 2.05) is 35.7 Å². The Labute approximate surface area is 149 Å². The minimum absolute atomic E-state index is 0.134. The van der Waals surface area contributed by atoms with Crippen molar-refractivity contribution in [3.05, 3.63) is 59.5 Å². The van der Waals surface area contributed by atoms with Gasteiger partial charge < -0.3 is 19.9 Å². The van der Waals surface area contributed by atoms with Gasteiger partial charge in [-0.05, 0) is 29.0 Å². The molecule has 3 aromatic rings. The number of nitrogens with one attached hydrogen (secondary N) is 1. The van der Waals surface area contributed by atoms with Crippen molar-refractivity contribution in [2.45, 2.75) is 6.10 Å². The minimum atomic E-state index is -0.758. The summed E-state index contributed by atoms with van der Waals surface area (Å²) in [7, 11) is 1.55. The molecule has 130 valence electrons. The third-order valence-corrected chi connectivity index (χ3v) is 4.77. The molecule has 2 aromatic carbocycles. The van der Waals surface area contributed by atoms with Crippen LogP contribution < -0.4 is 14.8 Å². The number of aliphatic hydroxyl groups is 1. The molecule has 0 fully saturated rings. The van der Waals surface area contributed by atoms with Crippen LogP contribution in [0.2, 0.25) is 0 Å². The molecule has 2 N–H and O–H groups in total. The summed E-state index contributed by atoms with van der Waals surface area (Å²) in [5.41, 5.74) is 0.826. The zero-order valence-corrected chi connectivity index (χ0v) is 14.6. The average molecular weight is 357 g/mol. The van der Waals surface area contributed by atoms with Crippen LogP contribution in [0.1, 0.15) is 11.7 Å². The molecule has 3 rings (SSSR count). The summed E-state index contributed by atoms with van der Waals surface area (Å²) >= 11 is 1.58. The number of carbonyl (C=O) groups excluding carboxylic acids is 1. The molecular weight excluding hydrogens is 338 g/mol. The van der Waals surface area contributed by atoms with Crippen molar-refractivity contribution < 1.29 is 19.4 Å². The molecule has 0 aliphatic rings. The topological polar surface area (TPSA) is 67.8 Å². The molecule has 6 heteroatoms. The van der Waals surface area contributed by atoms with E-state index in [2.05, 4.69) is 5.32 Å². The summed E-state index contributed by atoms with van der Waals surface area (Å²) in [5.74, 6) is 0.772. The van der Waals surface area contributed by atoms with Crippen LogP contribution in [0, 0.1) is 0 Å². The molecule has 5 nitrogen and oxygen atoms in total. The number of hydrogen-bond donors (Lipinski definition) is 2. The van der Waals surface area contributed by atoms with E-state index in [-0.39, 0.29) is 19.1 Å². The lowest BCUT2D eigenvalue weighted by atomic mass is 10.1. The molecule has 0 saturated heterocycles. The summed E-state index contributed by atoms with van der Waals surface area (Å²) < 4.78 is 11.7. The molecular formula is C19H19NO4S. The molecule has 0 radical (unpaired) electrons. The smallest absolute Gasteiger partial charge is 0.258 e. The molecule has 1 unspecified atom stereocenters. The third kappa shape index (κ3) is 4.10. The van der Waals surface area contributed by atoms with Crippen LogP contribution in [0.25, 0.3) is 10.1 Å². The molecule has 1 aromatic heterocycles. The second kappa shape index (κ2) is 8.00. The Bertz CT molecular complexity index is 861. The van der Waals surface area contributed by atoms with E-state index in [1.54, 1.807) is 36.6 Å². The van der Waals surface area contributed by atoms with Gasteiger partial charge in [0.25, 0.3) is 5.91 Å². The number of thiophene rings is 1. The largest absolute Gasteiger partial charge is 0.493 e. The first-order chi connectivity index (χ1) is 12.2. The summed E-state index contributed by atoms with van der Waals surface area (Å²) in [4.78, 5) is 12.0. The summed E-state index contributed by atoms with van der Waals surface area (Å²) in [6, 6.07) is 15.0. The van der Waals surface area contributed by atoms with Crippen molar-refractivity contribution >= 4 is 27.3 Å². The molecule has 0 aliphatic carbocycles. The second-order valence-electron chi connectivity index (χ2n) is 5.45. The number of fused-ring (bicyclic) bond motifs is 1. The molecule has 1 atom stereocenters. The van der Waals surface area contributed by atoms with Crippen molar-refractivity contribution in [1.82, 2.24) is 5.32 Å². The monoisotopic (exact) mass is 357 g/mol. The van der Waals surface area contributed by atoms with E-state index in [9.17, 15) is 9.90 Å². The molecule has 0 saturated carbocycles. The highest BCUT2D eigenvalue weighted by atomic mass is 32.1. The summed E-state index contributed by atoms with van der Waals surface area (Å²) in [5, 5.41) is 16.0. The van der Waals surface area contributed by atoms with Crippen molar-refractivity contribution in [3.63, 3.8) is 0 Å². The fraction of sp³-hybridized carbons (Fsp3) is 0.211. The zero-order valence-electron chi connectivity index (χ0n) is 13.8. The van der Waals surface area contributed by atoms with E-state index in [0.29, 0.717) is 11.5 Å². The van der Waals surface area contributed by atoms with E-state index in [0.717, 1.165) is 15.6 Å². The molecule has 25 heavy (non-hydrogen) atoms. The van der Waals surface area contributed by atoms with Gasteiger partial charge in [-0.2, -0.15) is 0 Å². The van der Waals surface area contributed by atoms with Gasteiger partial charge in [-0.15, -0.1) is 11.3 Å². The standard InChI is InChI=1S/C19H19NO4S/c1-23-16-7-3-4-8-17(16)24-11-19(22)20-10-15(21)14-12-25-18-9-5-2-6-13(14)18/h2-9,12,15,21H,10-11H2,1H3,(H,20,22). The van der Waals surface area contributed by atoms with Gasteiger partial charge in [0.2, 0.25) is 0 Å². The van der Waals surface area contributed by atoms with Gasteiger partial charge in [0, 0.05) is 16.8 Å². The van der Waals surface area contributed by atoms with Crippen LogP contribution in [0.5, 0.6) is 11.5 Å². The van der Waals surface area contributed by atoms with Crippen molar-refractivity contribution in [2.24, 2.45) is 0 Å². The molecule has 0 spiro atoms. The average Bonchev–Trinajstić information content (AvgIpc) is 3.09. The normalized spacial score (nSPS) is 11.9. The van der Waals surface area contributed by atoms with Crippen molar-refractivity contribution in [1.29, 1.82) is 0 Å². The number of aliphatic hydroxyl groups excluding tert-OH is 1. The maximum absolute atomic E-state index is 12.0. The third-order valence-electron chi connectivity index (χ3n) is 3.79.